The maximum atomic E-state index is 13.8. The Morgan fingerprint density at radius 2 is 2.12 bits per heavy atom. The fourth-order valence-corrected chi connectivity index (χ4v) is 3.51. The normalized spacial score (nSPS) is 22.8. The van der Waals surface area contributed by atoms with Crippen molar-refractivity contribution in [3.8, 4) is 0 Å². The number of halogens is 1. The fourth-order valence-electron chi connectivity index (χ4n) is 3.51. The van der Waals surface area contributed by atoms with Crippen molar-refractivity contribution in [2.24, 2.45) is 5.92 Å². The maximum absolute atomic E-state index is 13.8. The van der Waals surface area contributed by atoms with E-state index in [1.54, 1.807) is 12.1 Å². The van der Waals surface area contributed by atoms with Gasteiger partial charge in [-0.15, -0.1) is 0 Å². The molecule has 1 aromatic heterocycles. The molecule has 2 saturated carbocycles. The molecule has 2 N–H and O–H groups in total. The number of anilines is 1. The molecule has 1 aromatic carbocycles. The minimum atomic E-state index is -0.769. The standard InChI is InChI=1S/C18H21FN4O2/c19-15-3-1-2-14-17(15)20-10-21-18(14)22-12-6-13(7-12)23(9-16(24)25)8-11-4-5-11/h1-3,10-13H,4-9H2,(H,24,25)(H,20,21,22). The summed E-state index contributed by atoms with van der Waals surface area (Å²) in [5.74, 6) is 0.181. The van der Waals surface area contributed by atoms with Gasteiger partial charge in [-0.05, 0) is 43.7 Å². The molecule has 2 aliphatic carbocycles. The first-order valence-electron chi connectivity index (χ1n) is 8.71. The van der Waals surface area contributed by atoms with E-state index in [1.807, 2.05) is 0 Å². The van der Waals surface area contributed by atoms with Crippen molar-refractivity contribution in [2.75, 3.05) is 18.4 Å². The first kappa shape index (κ1) is 16.2. The van der Waals surface area contributed by atoms with Crippen LogP contribution in [0, 0.1) is 11.7 Å². The van der Waals surface area contributed by atoms with Crippen molar-refractivity contribution in [3.05, 3.63) is 30.3 Å². The van der Waals surface area contributed by atoms with E-state index in [9.17, 15) is 9.18 Å². The van der Waals surface area contributed by atoms with Crippen LogP contribution in [0.2, 0.25) is 0 Å². The van der Waals surface area contributed by atoms with Crippen LogP contribution >= 0.6 is 0 Å². The zero-order valence-corrected chi connectivity index (χ0v) is 13.9. The molecule has 132 valence electrons. The van der Waals surface area contributed by atoms with E-state index in [1.165, 1.54) is 25.2 Å². The Morgan fingerprint density at radius 1 is 1.32 bits per heavy atom. The number of nitrogens with zero attached hydrogens (tertiary/aromatic N) is 3. The Bertz CT molecular complexity index is 790. The van der Waals surface area contributed by atoms with Gasteiger partial charge in [0.2, 0.25) is 0 Å². The number of nitrogens with one attached hydrogen (secondary N) is 1. The molecule has 4 rings (SSSR count). The predicted molar refractivity (Wildman–Crippen MR) is 91.9 cm³/mol. The maximum Gasteiger partial charge on any atom is 0.317 e. The second-order valence-corrected chi connectivity index (χ2v) is 7.09. The Kier molecular flexibility index (Phi) is 4.25. The molecule has 0 aliphatic heterocycles. The molecule has 1 heterocycles. The summed E-state index contributed by atoms with van der Waals surface area (Å²) in [5, 5.41) is 13.2. The van der Waals surface area contributed by atoms with Gasteiger partial charge >= 0.3 is 5.97 Å². The van der Waals surface area contributed by atoms with Gasteiger partial charge in [0.05, 0.1) is 6.54 Å². The lowest BCUT2D eigenvalue weighted by Gasteiger charge is -2.43. The van der Waals surface area contributed by atoms with E-state index in [-0.39, 0.29) is 18.4 Å². The van der Waals surface area contributed by atoms with Crippen molar-refractivity contribution in [1.82, 2.24) is 14.9 Å². The minimum Gasteiger partial charge on any atom is -0.480 e. The Labute approximate surface area is 145 Å². The van der Waals surface area contributed by atoms with Gasteiger partial charge in [-0.3, -0.25) is 9.69 Å². The molecule has 0 atom stereocenters. The third-order valence-electron chi connectivity index (χ3n) is 5.11. The van der Waals surface area contributed by atoms with Crippen LogP contribution < -0.4 is 5.32 Å². The van der Waals surface area contributed by atoms with Crippen molar-refractivity contribution in [2.45, 2.75) is 37.8 Å². The second-order valence-electron chi connectivity index (χ2n) is 7.09. The van der Waals surface area contributed by atoms with Crippen LogP contribution in [-0.2, 0) is 4.79 Å². The predicted octanol–water partition coefficient (Wildman–Crippen LogP) is 2.51. The lowest BCUT2D eigenvalue weighted by Crippen LogP contribution is -2.52. The smallest absolute Gasteiger partial charge is 0.317 e. The third-order valence-corrected chi connectivity index (χ3v) is 5.11. The number of carboxylic acids is 1. The zero-order valence-electron chi connectivity index (χ0n) is 13.9. The molecule has 25 heavy (non-hydrogen) atoms. The van der Waals surface area contributed by atoms with Crippen LogP contribution in [0.15, 0.2) is 24.5 Å². The highest BCUT2D eigenvalue weighted by Gasteiger charge is 2.37. The van der Waals surface area contributed by atoms with Crippen LogP contribution in [0.3, 0.4) is 0 Å². The van der Waals surface area contributed by atoms with E-state index in [2.05, 4.69) is 20.2 Å². The van der Waals surface area contributed by atoms with Crippen molar-refractivity contribution in [1.29, 1.82) is 0 Å². The lowest BCUT2D eigenvalue weighted by molar-refractivity contribution is -0.139. The quantitative estimate of drug-likeness (QED) is 0.803. The summed E-state index contributed by atoms with van der Waals surface area (Å²) < 4.78 is 13.8. The summed E-state index contributed by atoms with van der Waals surface area (Å²) in [6.45, 7) is 0.987. The molecular weight excluding hydrogens is 323 g/mol. The Morgan fingerprint density at radius 3 is 2.84 bits per heavy atom. The van der Waals surface area contributed by atoms with Gasteiger partial charge in [-0.1, -0.05) is 6.07 Å². The number of aromatic nitrogens is 2. The monoisotopic (exact) mass is 344 g/mol. The highest BCUT2D eigenvalue weighted by molar-refractivity contribution is 5.89. The molecule has 0 unspecified atom stereocenters. The first-order valence-corrected chi connectivity index (χ1v) is 8.71. The summed E-state index contributed by atoms with van der Waals surface area (Å²) >= 11 is 0. The average molecular weight is 344 g/mol. The van der Waals surface area contributed by atoms with Crippen molar-refractivity contribution < 1.29 is 14.3 Å². The molecule has 0 amide bonds. The summed E-state index contributed by atoms with van der Waals surface area (Å²) in [6, 6.07) is 5.36. The van der Waals surface area contributed by atoms with E-state index >= 15 is 0 Å². The largest absolute Gasteiger partial charge is 0.480 e. The Balaban J connectivity index is 1.41. The topological polar surface area (TPSA) is 78.4 Å². The van der Waals surface area contributed by atoms with E-state index in [0.29, 0.717) is 28.7 Å². The van der Waals surface area contributed by atoms with Crippen LogP contribution in [-0.4, -0.2) is 51.1 Å². The van der Waals surface area contributed by atoms with Gasteiger partial charge in [-0.25, -0.2) is 14.4 Å². The molecule has 2 fully saturated rings. The number of rotatable bonds is 7. The molecule has 0 saturated heterocycles. The van der Waals surface area contributed by atoms with E-state index in [0.717, 1.165) is 19.4 Å². The molecular formula is C18H21FN4O2. The molecule has 7 heteroatoms. The zero-order chi connectivity index (χ0) is 17.4. The number of fused-ring (bicyclic) bond motifs is 1. The second kappa shape index (κ2) is 6.55. The molecule has 0 bridgehead atoms. The highest BCUT2D eigenvalue weighted by Crippen LogP contribution is 2.35. The number of benzene rings is 1. The fraction of sp³-hybridized carbons (Fsp3) is 0.500. The minimum absolute atomic E-state index is 0.107. The summed E-state index contributed by atoms with van der Waals surface area (Å²) in [5.41, 5.74) is 0.317. The average Bonchev–Trinajstić information content (AvgIpc) is 3.34. The van der Waals surface area contributed by atoms with E-state index in [4.69, 9.17) is 5.11 Å². The van der Waals surface area contributed by atoms with Gasteiger partial charge in [0, 0.05) is 24.0 Å². The number of para-hydroxylation sites is 1. The van der Waals surface area contributed by atoms with Crippen LogP contribution in [0.4, 0.5) is 10.2 Å². The number of aliphatic carboxylic acids is 1. The summed E-state index contributed by atoms with van der Waals surface area (Å²) in [7, 11) is 0. The van der Waals surface area contributed by atoms with Gasteiger partial charge in [0.25, 0.3) is 0 Å². The third kappa shape index (κ3) is 3.56. The molecule has 0 spiro atoms. The van der Waals surface area contributed by atoms with Crippen LogP contribution in [0.25, 0.3) is 10.9 Å². The highest BCUT2D eigenvalue weighted by atomic mass is 19.1. The number of hydrogen-bond donors (Lipinski definition) is 2. The van der Waals surface area contributed by atoms with E-state index < -0.39 is 5.97 Å². The summed E-state index contributed by atoms with van der Waals surface area (Å²) in [6.07, 6.45) is 5.54. The number of carboxylic acid groups (broad SMARTS) is 1. The SMILES string of the molecule is O=C(O)CN(CC1CC1)C1CC(Nc2ncnc3c(F)cccc23)C1. The molecule has 2 aromatic rings. The number of hydrogen-bond acceptors (Lipinski definition) is 5. The van der Waals surface area contributed by atoms with Gasteiger partial charge in [-0.2, -0.15) is 0 Å². The molecule has 6 nitrogen and oxygen atoms in total. The first-order chi connectivity index (χ1) is 12.1. The Hall–Kier alpha value is -2.28. The van der Waals surface area contributed by atoms with Crippen molar-refractivity contribution in [3.63, 3.8) is 0 Å². The lowest BCUT2D eigenvalue weighted by atomic mass is 9.85. The van der Waals surface area contributed by atoms with Crippen molar-refractivity contribution >= 4 is 22.7 Å². The molecule has 0 radical (unpaired) electrons. The molecule has 2 aliphatic rings. The van der Waals surface area contributed by atoms with Gasteiger partial charge in [0.1, 0.15) is 23.5 Å². The van der Waals surface area contributed by atoms with Crippen LogP contribution in [0.1, 0.15) is 25.7 Å². The summed E-state index contributed by atoms with van der Waals surface area (Å²) in [4.78, 5) is 21.4. The van der Waals surface area contributed by atoms with Gasteiger partial charge in [0.15, 0.2) is 0 Å². The number of carbonyl (C=O) groups is 1. The van der Waals surface area contributed by atoms with Gasteiger partial charge < -0.3 is 10.4 Å². The van der Waals surface area contributed by atoms with Crippen LogP contribution in [0.5, 0.6) is 0 Å².